The van der Waals surface area contributed by atoms with Crippen LogP contribution in [0.2, 0.25) is 0 Å². The van der Waals surface area contributed by atoms with Crippen molar-refractivity contribution in [2.24, 2.45) is 0 Å². The first kappa shape index (κ1) is 19.0. The van der Waals surface area contributed by atoms with Crippen LogP contribution < -0.4 is 10.5 Å². The van der Waals surface area contributed by atoms with E-state index in [2.05, 4.69) is 41.9 Å². The fraction of sp³-hybridized carbons (Fsp3) is 0.318. The van der Waals surface area contributed by atoms with Gasteiger partial charge >= 0.3 is 0 Å². The minimum absolute atomic E-state index is 0.528. The highest BCUT2D eigenvalue weighted by atomic mass is 16.5. The van der Waals surface area contributed by atoms with Crippen molar-refractivity contribution < 1.29 is 4.74 Å². The Balaban J connectivity index is 2.00. The number of rotatable bonds is 8. The van der Waals surface area contributed by atoms with Crippen molar-refractivity contribution in [2.75, 3.05) is 25.4 Å². The van der Waals surface area contributed by atoms with E-state index in [1.54, 1.807) is 0 Å². The highest BCUT2D eigenvalue weighted by Gasteiger charge is 2.16. The number of nitrogens with zero attached hydrogens (tertiary/aromatic N) is 3. The molecule has 0 atom stereocenters. The molecule has 0 saturated heterocycles. The maximum Gasteiger partial charge on any atom is 0.137 e. The zero-order valence-corrected chi connectivity index (χ0v) is 16.4. The van der Waals surface area contributed by atoms with Crippen LogP contribution in [-0.4, -0.2) is 34.0 Å². The first-order valence-electron chi connectivity index (χ1n) is 9.38. The predicted octanol–water partition coefficient (Wildman–Crippen LogP) is 4.38. The van der Waals surface area contributed by atoms with Gasteiger partial charge in [-0.3, -0.25) is 4.90 Å². The molecule has 5 heteroatoms. The third-order valence-electron chi connectivity index (χ3n) is 4.62. The quantitative estimate of drug-likeness (QED) is 0.603. The average molecular weight is 364 g/mol. The Kier molecular flexibility index (Phi) is 5.81. The summed E-state index contributed by atoms with van der Waals surface area (Å²) in [5.41, 5.74) is 11.9. The van der Waals surface area contributed by atoms with Gasteiger partial charge in [-0.05, 0) is 62.0 Å². The highest BCUT2D eigenvalue weighted by Crippen LogP contribution is 2.28. The van der Waals surface area contributed by atoms with Gasteiger partial charge in [0.25, 0.3) is 0 Å². The van der Waals surface area contributed by atoms with Crippen molar-refractivity contribution in [2.45, 2.75) is 27.3 Å². The van der Waals surface area contributed by atoms with E-state index in [1.807, 2.05) is 37.4 Å². The summed E-state index contributed by atoms with van der Waals surface area (Å²) in [5, 5.41) is 0. The van der Waals surface area contributed by atoms with Crippen LogP contribution in [0.15, 0.2) is 54.7 Å². The minimum Gasteiger partial charge on any atom is -0.489 e. The number of ether oxygens (including phenoxy) is 1. The molecule has 0 aliphatic heterocycles. The van der Waals surface area contributed by atoms with Crippen LogP contribution in [0.3, 0.4) is 0 Å². The summed E-state index contributed by atoms with van der Waals surface area (Å²) in [6.45, 7) is 13.5. The summed E-state index contributed by atoms with van der Waals surface area (Å²) in [5.74, 6) is 0.833. The van der Waals surface area contributed by atoms with Gasteiger partial charge in [-0.1, -0.05) is 20.4 Å². The fourth-order valence-corrected chi connectivity index (χ4v) is 3.07. The van der Waals surface area contributed by atoms with Gasteiger partial charge < -0.3 is 14.9 Å². The maximum atomic E-state index is 6.03. The van der Waals surface area contributed by atoms with E-state index in [4.69, 9.17) is 15.5 Å². The molecule has 0 spiro atoms. The molecule has 0 amide bonds. The molecule has 2 N–H and O–H groups in total. The summed E-state index contributed by atoms with van der Waals surface area (Å²) in [6, 6.07) is 11.9. The molecule has 1 aromatic carbocycles. The van der Waals surface area contributed by atoms with E-state index in [-0.39, 0.29) is 0 Å². The molecule has 0 radical (unpaired) electrons. The zero-order valence-electron chi connectivity index (χ0n) is 16.4. The normalized spacial score (nSPS) is 11.3. The minimum atomic E-state index is 0.528. The molecule has 0 bridgehead atoms. The molecule has 3 aromatic rings. The summed E-state index contributed by atoms with van der Waals surface area (Å²) in [7, 11) is 0. The largest absolute Gasteiger partial charge is 0.489 e. The van der Waals surface area contributed by atoms with Crippen molar-refractivity contribution in [1.82, 2.24) is 14.3 Å². The number of benzene rings is 1. The number of imidazole rings is 1. The van der Waals surface area contributed by atoms with Crippen LogP contribution in [0, 0.1) is 0 Å². The second-order valence-corrected chi connectivity index (χ2v) is 6.83. The summed E-state index contributed by atoms with van der Waals surface area (Å²) < 4.78 is 7.82. The van der Waals surface area contributed by atoms with Gasteiger partial charge in [-0.2, -0.15) is 0 Å². The Bertz CT molecular complexity index is 923. The molecule has 0 unspecified atom stereocenters. The Morgan fingerprint density at radius 2 is 1.85 bits per heavy atom. The van der Waals surface area contributed by atoms with E-state index in [0.717, 1.165) is 59.2 Å². The van der Waals surface area contributed by atoms with Crippen LogP contribution in [0.4, 0.5) is 5.69 Å². The lowest BCUT2D eigenvalue weighted by Crippen LogP contribution is -2.23. The smallest absolute Gasteiger partial charge is 0.137 e. The van der Waals surface area contributed by atoms with E-state index >= 15 is 0 Å². The molecule has 0 fully saturated rings. The van der Waals surface area contributed by atoms with Crippen LogP contribution >= 0.6 is 0 Å². The molecule has 0 saturated carbocycles. The standard InChI is InChI=1S/C22H28N4O/c1-5-25(6-2)14-20-22(24-21-12-9-18(23)13-26(20)21)17-7-10-19(11-8-17)27-15-16(3)4/h7-13H,3,5-6,14-15,23H2,1-2,4H3. The van der Waals surface area contributed by atoms with Gasteiger partial charge in [-0.25, -0.2) is 4.98 Å². The Morgan fingerprint density at radius 1 is 1.15 bits per heavy atom. The average Bonchev–Trinajstić information content (AvgIpc) is 3.02. The number of fused-ring (bicyclic) bond motifs is 1. The van der Waals surface area contributed by atoms with Crippen molar-refractivity contribution in [3.63, 3.8) is 0 Å². The Labute approximate surface area is 161 Å². The first-order chi connectivity index (χ1) is 13.0. The van der Waals surface area contributed by atoms with E-state index in [1.165, 1.54) is 0 Å². The van der Waals surface area contributed by atoms with Gasteiger partial charge in [-0.15, -0.1) is 0 Å². The Hall–Kier alpha value is -2.79. The lowest BCUT2D eigenvalue weighted by Gasteiger charge is -2.18. The van der Waals surface area contributed by atoms with Crippen molar-refractivity contribution in [3.8, 4) is 17.0 Å². The molecule has 5 nitrogen and oxygen atoms in total. The number of aromatic nitrogens is 2. The van der Waals surface area contributed by atoms with Gasteiger partial charge in [0.2, 0.25) is 0 Å². The predicted molar refractivity (Wildman–Crippen MR) is 112 cm³/mol. The summed E-state index contributed by atoms with van der Waals surface area (Å²) in [4.78, 5) is 7.25. The van der Waals surface area contributed by atoms with Crippen LogP contribution in [0.25, 0.3) is 16.9 Å². The summed E-state index contributed by atoms with van der Waals surface area (Å²) in [6.07, 6.45) is 1.95. The monoisotopic (exact) mass is 364 g/mol. The van der Waals surface area contributed by atoms with E-state index < -0.39 is 0 Å². The molecule has 0 aliphatic carbocycles. The number of nitrogen functional groups attached to an aromatic ring is 1. The molecule has 0 aliphatic rings. The Morgan fingerprint density at radius 3 is 2.48 bits per heavy atom. The van der Waals surface area contributed by atoms with E-state index in [0.29, 0.717) is 6.61 Å². The number of hydrogen-bond donors (Lipinski definition) is 1. The van der Waals surface area contributed by atoms with Crippen molar-refractivity contribution in [3.05, 3.63) is 60.4 Å². The van der Waals surface area contributed by atoms with E-state index in [9.17, 15) is 0 Å². The molecular formula is C22H28N4O. The second-order valence-electron chi connectivity index (χ2n) is 6.83. The molecule has 27 heavy (non-hydrogen) atoms. The SMILES string of the molecule is C=C(C)COc1ccc(-c2nc3ccc(N)cn3c2CN(CC)CC)cc1. The van der Waals surface area contributed by atoms with Gasteiger partial charge in [0.15, 0.2) is 0 Å². The van der Waals surface area contributed by atoms with Crippen molar-refractivity contribution >= 4 is 11.3 Å². The molecule has 2 heterocycles. The topological polar surface area (TPSA) is 55.8 Å². The maximum absolute atomic E-state index is 6.03. The van der Waals surface area contributed by atoms with Crippen LogP contribution in [-0.2, 0) is 6.54 Å². The van der Waals surface area contributed by atoms with Crippen LogP contribution in [0.5, 0.6) is 5.75 Å². The highest BCUT2D eigenvalue weighted by molar-refractivity contribution is 5.68. The molecule has 3 rings (SSSR count). The lowest BCUT2D eigenvalue weighted by atomic mass is 10.1. The number of hydrogen-bond acceptors (Lipinski definition) is 4. The molecule has 2 aromatic heterocycles. The third kappa shape index (κ3) is 4.31. The zero-order chi connectivity index (χ0) is 19.4. The van der Waals surface area contributed by atoms with Crippen molar-refractivity contribution in [1.29, 1.82) is 0 Å². The fourth-order valence-electron chi connectivity index (χ4n) is 3.07. The van der Waals surface area contributed by atoms with Gasteiger partial charge in [0, 0.05) is 24.0 Å². The summed E-state index contributed by atoms with van der Waals surface area (Å²) >= 11 is 0. The lowest BCUT2D eigenvalue weighted by molar-refractivity contribution is 0.292. The number of nitrogens with two attached hydrogens (primary N) is 1. The second kappa shape index (κ2) is 8.27. The van der Waals surface area contributed by atoms with Crippen LogP contribution in [0.1, 0.15) is 26.5 Å². The third-order valence-corrected chi connectivity index (χ3v) is 4.62. The number of pyridine rings is 1. The first-order valence-corrected chi connectivity index (χ1v) is 9.38. The number of anilines is 1. The molecular weight excluding hydrogens is 336 g/mol. The van der Waals surface area contributed by atoms with Gasteiger partial charge in [0.1, 0.15) is 18.0 Å². The molecule has 142 valence electrons. The van der Waals surface area contributed by atoms with Gasteiger partial charge in [0.05, 0.1) is 11.4 Å².